The van der Waals surface area contributed by atoms with Gasteiger partial charge in [-0.15, -0.1) is 0 Å². The standard InChI is InChI=1S/C10H22N8/c1-7(17(2)3)6-12-8-13-9(16-11)15-10(14-8)18(4)5/h7H,6,11H2,1-5H3,(H2,12,13,14,15,16). The van der Waals surface area contributed by atoms with Crippen LogP contribution in [0.15, 0.2) is 0 Å². The molecule has 0 aliphatic carbocycles. The highest BCUT2D eigenvalue weighted by Crippen LogP contribution is 2.10. The quantitative estimate of drug-likeness (QED) is 0.465. The SMILES string of the molecule is CC(CNc1nc(NN)nc(N(C)C)n1)N(C)C. The minimum Gasteiger partial charge on any atom is -0.352 e. The summed E-state index contributed by atoms with van der Waals surface area (Å²) in [4.78, 5) is 16.5. The van der Waals surface area contributed by atoms with Gasteiger partial charge in [0.05, 0.1) is 0 Å². The zero-order valence-corrected chi connectivity index (χ0v) is 11.6. The highest BCUT2D eigenvalue weighted by molar-refractivity contribution is 5.42. The lowest BCUT2D eigenvalue weighted by Gasteiger charge is -2.20. The number of likely N-dealkylation sites (N-methyl/N-ethyl adjacent to an activating group) is 1. The summed E-state index contributed by atoms with van der Waals surface area (Å²) in [6, 6.07) is 0.374. The van der Waals surface area contributed by atoms with Gasteiger partial charge < -0.3 is 15.1 Å². The van der Waals surface area contributed by atoms with E-state index in [4.69, 9.17) is 5.84 Å². The van der Waals surface area contributed by atoms with Crippen LogP contribution in [-0.2, 0) is 0 Å². The van der Waals surface area contributed by atoms with Gasteiger partial charge >= 0.3 is 0 Å². The molecule has 0 aliphatic heterocycles. The van der Waals surface area contributed by atoms with E-state index in [0.29, 0.717) is 23.9 Å². The molecule has 0 bridgehead atoms. The number of hydrogen-bond donors (Lipinski definition) is 3. The molecule has 18 heavy (non-hydrogen) atoms. The zero-order chi connectivity index (χ0) is 13.7. The molecule has 0 spiro atoms. The van der Waals surface area contributed by atoms with Crippen LogP contribution in [0.1, 0.15) is 6.92 Å². The first-order chi connectivity index (χ1) is 8.43. The molecule has 8 nitrogen and oxygen atoms in total. The summed E-state index contributed by atoms with van der Waals surface area (Å²) in [7, 11) is 7.78. The number of rotatable bonds is 6. The molecule has 8 heteroatoms. The Bertz CT molecular complexity index is 378. The highest BCUT2D eigenvalue weighted by Gasteiger charge is 2.09. The molecule has 4 N–H and O–H groups in total. The molecule has 1 aromatic rings. The Morgan fingerprint density at radius 2 is 1.72 bits per heavy atom. The molecule has 0 saturated heterocycles. The van der Waals surface area contributed by atoms with E-state index < -0.39 is 0 Å². The van der Waals surface area contributed by atoms with Crippen LogP contribution in [0, 0.1) is 0 Å². The second-order valence-corrected chi connectivity index (χ2v) is 4.51. The predicted molar refractivity (Wildman–Crippen MR) is 73.6 cm³/mol. The Morgan fingerprint density at radius 1 is 1.11 bits per heavy atom. The Kier molecular flexibility index (Phi) is 5.05. The molecule has 1 unspecified atom stereocenters. The van der Waals surface area contributed by atoms with Gasteiger partial charge in [-0.3, -0.25) is 5.43 Å². The van der Waals surface area contributed by atoms with Crippen LogP contribution < -0.4 is 21.5 Å². The van der Waals surface area contributed by atoms with Crippen molar-refractivity contribution in [2.45, 2.75) is 13.0 Å². The lowest BCUT2D eigenvalue weighted by molar-refractivity contribution is 0.325. The van der Waals surface area contributed by atoms with Crippen molar-refractivity contribution < 1.29 is 0 Å². The number of hydrogen-bond acceptors (Lipinski definition) is 8. The van der Waals surface area contributed by atoms with Gasteiger partial charge in [0.25, 0.3) is 0 Å². The second kappa shape index (κ2) is 6.31. The minimum absolute atomic E-state index is 0.341. The van der Waals surface area contributed by atoms with Gasteiger partial charge in [-0.2, -0.15) is 15.0 Å². The van der Waals surface area contributed by atoms with Crippen molar-refractivity contribution in [3.8, 4) is 0 Å². The maximum absolute atomic E-state index is 5.33. The number of aromatic nitrogens is 3. The van der Waals surface area contributed by atoms with Crippen LogP contribution in [0.2, 0.25) is 0 Å². The largest absolute Gasteiger partial charge is 0.352 e. The second-order valence-electron chi connectivity index (χ2n) is 4.51. The highest BCUT2D eigenvalue weighted by atomic mass is 15.4. The van der Waals surface area contributed by atoms with Gasteiger partial charge in [-0.25, -0.2) is 5.84 Å². The average Bonchev–Trinajstić information content (AvgIpc) is 2.35. The van der Waals surface area contributed by atoms with Crippen molar-refractivity contribution in [3.63, 3.8) is 0 Å². The van der Waals surface area contributed by atoms with Gasteiger partial charge in [0, 0.05) is 26.7 Å². The summed E-state index contributed by atoms with van der Waals surface area (Å²) in [6.07, 6.45) is 0. The van der Waals surface area contributed by atoms with Crippen molar-refractivity contribution in [2.75, 3.05) is 50.4 Å². The van der Waals surface area contributed by atoms with Crippen molar-refractivity contribution in [2.24, 2.45) is 5.84 Å². The first-order valence-corrected chi connectivity index (χ1v) is 5.74. The first kappa shape index (κ1) is 14.4. The molecule has 0 fully saturated rings. The average molecular weight is 254 g/mol. The fourth-order valence-electron chi connectivity index (χ4n) is 1.13. The van der Waals surface area contributed by atoms with E-state index in [9.17, 15) is 0 Å². The minimum atomic E-state index is 0.341. The van der Waals surface area contributed by atoms with Crippen LogP contribution in [0.25, 0.3) is 0 Å². The van der Waals surface area contributed by atoms with Gasteiger partial charge in [0.2, 0.25) is 17.8 Å². The maximum Gasteiger partial charge on any atom is 0.243 e. The molecule has 0 radical (unpaired) electrons. The Labute approximate surface area is 108 Å². The molecule has 1 rings (SSSR count). The van der Waals surface area contributed by atoms with Gasteiger partial charge in [0.15, 0.2) is 0 Å². The predicted octanol–water partition coefficient (Wildman–Crippen LogP) is -0.415. The monoisotopic (exact) mass is 254 g/mol. The molecule has 0 aliphatic rings. The fourth-order valence-corrected chi connectivity index (χ4v) is 1.13. The van der Waals surface area contributed by atoms with Crippen LogP contribution in [0.5, 0.6) is 0 Å². The van der Waals surface area contributed by atoms with Crippen LogP contribution >= 0.6 is 0 Å². The molecule has 1 aromatic heterocycles. The van der Waals surface area contributed by atoms with Crippen LogP contribution in [-0.4, -0.2) is 60.6 Å². The first-order valence-electron chi connectivity index (χ1n) is 5.74. The van der Waals surface area contributed by atoms with E-state index in [1.807, 2.05) is 28.2 Å². The molecule has 0 aromatic carbocycles. The third kappa shape index (κ3) is 3.97. The van der Waals surface area contributed by atoms with Gasteiger partial charge in [-0.05, 0) is 21.0 Å². The molecule has 102 valence electrons. The maximum atomic E-state index is 5.33. The Balaban J connectivity index is 2.78. The van der Waals surface area contributed by atoms with Crippen LogP contribution in [0.4, 0.5) is 17.8 Å². The van der Waals surface area contributed by atoms with Gasteiger partial charge in [-0.1, -0.05) is 0 Å². The topological polar surface area (TPSA) is 95.2 Å². The van der Waals surface area contributed by atoms with Crippen molar-refractivity contribution >= 4 is 17.8 Å². The summed E-state index contributed by atoms with van der Waals surface area (Å²) in [5.41, 5.74) is 2.43. The number of nitrogens with two attached hydrogens (primary N) is 1. The van der Waals surface area contributed by atoms with E-state index in [0.717, 1.165) is 6.54 Å². The van der Waals surface area contributed by atoms with E-state index in [-0.39, 0.29) is 0 Å². The third-order valence-electron chi connectivity index (χ3n) is 2.59. The summed E-state index contributed by atoms with van der Waals surface area (Å²) in [5.74, 6) is 6.74. The normalized spacial score (nSPS) is 12.4. The number of nitrogens with zero attached hydrogens (tertiary/aromatic N) is 5. The number of hydrazine groups is 1. The molecule has 0 saturated carbocycles. The summed E-state index contributed by atoms with van der Waals surface area (Å²) in [5, 5.41) is 3.17. The molecule has 1 atom stereocenters. The number of nitrogen functional groups attached to an aromatic ring is 1. The van der Waals surface area contributed by atoms with Crippen LogP contribution in [0.3, 0.4) is 0 Å². The van der Waals surface area contributed by atoms with E-state index in [1.165, 1.54) is 0 Å². The van der Waals surface area contributed by atoms with Crippen molar-refractivity contribution in [3.05, 3.63) is 0 Å². The lowest BCUT2D eigenvalue weighted by Crippen LogP contribution is -2.32. The van der Waals surface area contributed by atoms with E-state index in [1.54, 1.807) is 4.90 Å². The molecular formula is C10H22N8. The van der Waals surface area contributed by atoms with Gasteiger partial charge in [0.1, 0.15) is 0 Å². The smallest absolute Gasteiger partial charge is 0.243 e. The van der Waals surface area contributed by atoms with E-state index >= 15 is 0 Å². The lowest BCUT2D eigenvalue weighted by atomic mass is 10.3. The van der Waals surface area contributed by atoms with Crippen molar-refractivity contribution in [1.82, 2.24) is 19.9 Å². The summed E-state index contributed by atoms with van der Waals surface area (Å²) < 4.78 is 0. The molecule has 1 heterocycles. The Hall–Kier alpha value is -1.67. The molecular weight excluding hydrogens is 232 g/mol. The number of nitrogens with one attached hydrogen (secondary N) is 2. The summed E-state index contributed by atoms with van der Waals surface area (Å²) in [6.45, 7) is 2.86. The van der Waals surface area contributed by atoms with Crippen molar-refractivity contribution in [1.29, 1.82) is 0 Å². The fraction of sp³-hybridized carbons (Fsp3) is 0.700. The molecule has 0 amide bonds. The third-order valence-corrected chi connectivity index (χ3v) is 2.59. The zero-order valence-electron chi connectivity index (χ0n) is 11.6. The number of anilines is 3. The van der Waals surface area contributed by atoms with E-state index in [2.05, 4.69) is 37.5 Å². The Morgan fingerprint density at radius 3 is 2.22 bits per heavy atom. The summed E-state index contributed by atoms with van der Waals surface area (Å²) >= 11 is 0.